The van der Waals surface area contributed by atoms with Gasteiger partial charge < -0.3 is 5.73 Å². The highest BCUT2D eigenvalue weighted by Crippen LogP contribution is 2.37. The fraction of sp³-hybridized carbons (Fsp3) is 0.429. The van der Waals surface area contributed by atoms with E-state index in [-0.39, 0.29) is 6.04 Å². The van der Waals surface area contributed by atoms with Crippen molar-refractivity contribution < 1.29 is 0 Å². The van der Waals surface area contributed by atoms with Crippen molar-refractivity contribution in [1.29, 1.82) is 0 Å². The molecule has 0 aliphatic heterocycles. The van der Waals surface area contributed by atoms with E-state index in [0.717, 1.165) is 17.2 Å². The number of aryl methyl sites for hydroxylation is 1. The molecule has 1 aromatic heterocycles. The molecule has 0 fully saturated rings. The lowest BCUT2D eigenvalue weighted by Crippen LogP contribution is -2.03. The molecule has 0 radical (unpaired) electrons. The summed E-state index contributed by atoms with van der Waals surface area (Å²) >= 11 is 7.47. The standard InChI is InChI=1S/C7H8ClNS/c8-7-3-4-5(9)1-2-6(4)10-7/h3,5H,1-2,9H2. The maximum atomic E-state index is 5.81. The van der Waals surface area contributed by atoms with Crippen molar-refractivity contribution in [2.75, 3.05) is 0 Å². The minimum absolute atomic E-state index is 0.249. The number of halogens is 1. The lowest BCUT2D eigenvalue weighted by atomic mass is 10.2. The summed E-state index contributed by atoms with van der Waals surface area (Å²) in [5.74, 6) is 0. The van der Waals surface area contributed by atoms with Gasteiger partial charge in [0.1, 0.15) is 0 Å². The molecule has 1 aliphatic rings. The Bertz CT molecular complexity index is 256. The highest BCUT2D eigenvalue weighted by atomic mass is 35.5. The first kappa shape index (κ1) is 6.65. The van der Waals surface area contributed by atoms with Gasteiger partial charge in [0.05, 0.1) is 4.34 Å². The van der Waals surface area contributed by atoms with Crippen LogP contribution in [-0.2, 0) is 6.42 Å². The van der Waals surface area contributed by atoms with Crippen molar-refractivity contribution in [3.8, 4) is 0 Å². The van der Waals surface area contributed by atoms with E-state index < -0.39 is 0 Å². The molecular weight excluding hydrogens is 166 g/mol. The number of thiophene rings is 1. The number of fused-ring (bicyclic) bond motifs is 1. The van der Waals surface area contributed by atoms with Crippen LogP contribution < -0.4 is 5.73 Å². The monoisotopic (exact) mass is 173 g/mol. The molecule has 0 spiro atoms. The van der Waals surface area contributed by atoms with Crippen LogP contribution in [-0.4, -0.2) is 0 Å². The Balaban J connectivity index is 2.49. The Labute approximate surface area is 68.8 Å². The molecule has 0 saturated heterocycles. The minimum Gasteiger partial charge on any atom is -0.324 e. The molecule has 1 nitrogen and oxygen atoms in total. The van der Waals surface area contributed by atoms with Crippen LogP contribution in [0, 0.1) is 0 Å². The van der Waals surface area contributed by atoms with E-state index in [0.29, 0.717) is 0 Å². The summed E-state index contributed by atoms with van der Waals surface area (Å²) in [7, 11) is 0. The third kappa shape index (κ3) is 0.875. The molecule has 1 atom stereocenters. The van der Waals surface area contributed by atoms with Gasteiger partial charge in [0.2, 0.25) is 0 Å². The van der Waals surface area contributed by atoms with Gasteiger partial charge in [-0.25, -0.2) is 0 Å². The maximum absolute atomic E-state index is 5.81. The van der Waals surface area contributed by atoms with Gasteiger partial charge in [-0.05, 0) is 24.5 Å². The SMILES string of the molecule is NC1CCc2sc(Cl)cc21. The molecule has 3 heteroatoms. The van der Waals surface area contributed by atoms with Crippen molar-refractivity contribution in [3.05, 3.63) is 20.8 Å². The molecule has 1 unspecified atom stereocenters. The molecule has 2 rings (SSSR count). The van der Waals surface area contributed by atoms with Gasteiger partial charge in [-0.1, -0.05) is 11.6 Å². The third-order valence-corrected chi connectivity index (χ3v) is 3.23. The summed E-state index contributed by atoms with van der Waals surface area (Å²) in [4.78, 5) is 1.39. The van der Waals surface area contributed by atoms with Crippen LogP contribution in [0.25, 0.3) is 0 Å². The van der Waals surface area contributed by atoms with E-state index in [1.54, 1.807) is 11.3 Å². The summed E-state index contributed by atoms with van der Waals surface area (Å²) < 4.78 is 0.875. The zero-order chi connectivity index (χ0) is 7.14. The van der Waals surface area contributed by atoms with Gasteiger partial charge in [-0.3, -0.25) is 0 Å². The van der Waals surface area contributed by atoms with Gasteiger partial charge in [-0.2, -0.15) is 0 Å². The van der Waals surface area contributed by atoms with E-state index in [1.807, 2.05) is 6.07 Å². The van der Waals surface area contributed by atoms with Crippen LogP contribution in [0.5, 0.6) is 0 Å². The number of hydrogen-bond acceptors (Lipinski definition) is 2. The van der Waals surface area contributed by atoms with E-state index in [1.165, 1.54) is 10.4 Å². The topological polar surface area (TPSA) is 26.0 Å². The number of nitrogens with two attached hydrogens (primary N) is 1. The van der Waals surface area contributed by atoms with E-state index >= 15 is 0 Å². The van der Waals surface area contributed by atoms with Gasteiger partial charge in [0.25, 0.3) is 0 Å². The second-order valence-electron chi connectivity index (χ2n) is 2.57. The Kier molecular flexibility index (Phi) is 1.48. The van der Waals surface area contributed by atoms with Crippen molar-refractivity contribution in [2.24, 2.45) is 5.73 Å². The number of rotatable bonds is 0. The first-order chi connectivity index (χ1) is 4.77. The summed E-state index contributed by atoms with van der Waals surface area (Å²) in [6.07, 6.45) is 2.21. The van der Waals surface area contributed by atoms with E-state index in [4.69, 9.17) is 17.3 Å². The zero-order valence-electron chi connectivity index (χ0n) is 5.43. The van der Waals surface area contributed by atoms with Crippen molar-refractivity contribution in [1.82, 2.24) is 0 Å². The smallest absolute Gasteiger partial charge is 0.0934 e. The third-order valence-electron chi connectivity index (χ3n) is 1.89. The quantitative estimate of drug-likeness (QED) is 0.641. The summed E-state index contributed by atoms with van der Waals surface area (Å²) in [6.45, 7) is 0. The Hall–Kier alpha value is -0.0500. The summed E-state index contributed by atoms with van der Waals surface area (Å²) in [6, 6.07) is 2.25. The average Bonchev–Trinajstić information content (AvgIpc) is 2.35. The predicted octanol–water partition coefficient (Wildman–Crippen LogP) is 2.35. The summed E-state index contributed by atoms with van der Waals surface area (Å²) in [5, 5.41) is 0. The molecule has 2 N–H and O–H groups in total. The fourth-order valence-corrected chi connectivity index (χ4v) is 2.73. The maximum Gasteiger partial charge on any atom is 0.0934 e. The van der Waals surface area contributed by atoms with Gasteiger partial charge in [0, 0.05) is 10.9 Å². The molecule has 54 valence electrons. The Morgan fingerprint density at radius 1 is 1.70 bits per heavy atom. The zero-order valence-corrected chi connectivity index (χ0v) is 7.00. The molecule has 1 aliphatic carbocycles. The Morgan fingerprint density at radius 2 is 2.50 bits per heavy atom. The first-order valence-corrected chi connectivity index (χ1v) is 4.50. The largest absolute Gasteiger partial charge is 0.324 e. The predicted molar refractivity (Wildman–Crippen MR) is 44.6 cm³/mol. The molecule has 0 amide bonds. The lowest BCUT2D eigenvalue weighted by molar-refractivity contribution is 0.713. The highest BCUT2D eigenvalue weighted by Gasteiger charge is 2.21. The molecule has 1 aromatic rings. The van der Waals surface area contributed by atoms with E-state index in [2.05, 4.69) is 0 Å². The summed E-state index contributed by atoms with van der Waals surface area (Å²) in [5.41, 5.74) is 7.08. The molecule has 1 heterocycles. The van der Waals surface area contributed by atoms with Crippen molar-refractivity contribution >= 4 is 22.9 Å². The molecule has 10 heavy (non-hydrogen) atoms. The Morgan fingerprint density at radius 3 is 3.20 bits per heavy atom. The average molecular weight is 174 g/mol. The van der Waals surface area contributed by atoms with Gasteiger partial charge in [0.15, 0.2) is 0 Å². The van der Waals surface area contributed by atoms with Crippen molar-refractivity contribution in [3.63, 3.8) is 0 Å². The van der Waals surface area contributed by atoms with Crippen molar-refractivity contribution in [2.45, 2.75) is 18.9 Å². The first-order valence-electron chi connectivity index (χ1n) is 3.31. The van der Waals surface area contributed by atoms with Crippen LogP contribution in [0.15, 0.2) is 6.07 Å². The van der Waals surface area contributed by atoms with Crippen LogP contribution in [0.2, 0.25) is 4.34 Å². The van der Waals surface area contributed by atoms with Gasteiger partial charge >= 0.3 is 0 Å². The second-order valence-corrected chi connectivity index (χ2v) is 4.34. The second kappa shape index (κ2) is 2.22. The molecule has 0 aromatic carbocycles. The highest BCUT2D eigenvalue weighted by molar-refractivity contribution is 7.16. The lowest BCUT2D eigenvalue weighted by Gasteiger charge is -1.97. The van der Waals surface area contributed by atoms with E-state index in [9.17, 15) is 0 Å². The molecular formula is C7H8ClNS. The minimum atomic E-state index is 0.249. The molecule has 0 saturated carbocycles. The normalized spacial score (nSPS) is 23.2. The van der Waals surface area contributed by atoms with Crippen LogP contribution in [0.4, 0.5) is 0 Å². The van der Waals surface area contributed by atoms with Crippen LogP contribution in [0.1, 0.15) is 22.9 Å². The van der Waals surface area contributed by atoms with Crippen LogP contribution >= 0.6 is 22.9 Å². The molecule has 0 bridgehead atoms. The van der Waals surface area contributed by atoms with Gasteiger partial charge in [-0.15, -0.1) is 11.3 Å². The number of hydrogen-bond donors (Lipinski definition) is 1. The fourth-order valence-electron chi connectivity index (χ4n) is 1.36. The van der Waals surface area contributed by atoms with Crippen LogP contribution in [0.3, 0.4) is 0 Å².